The Balaban J connectivity index is 1.56. The van der Waals surface area contributed by atoms with Crippen molar-refractivity contribution in [2.75, 3.05) is 20.2 Å². The fourth-order valence-corrected chi connectivity index (χ4v) is 2.85. The topological polar surface area (TPSA) is 60.8 Å². The monoisotopic (exact) mass is 342 g/mol. The SMILES string of the molecule is CCc1ccccc1OC1CN(C(=O)Cn2cccc(OC)c2=O)C1. The number of benzene rings is 1. The Morgan fingerprint density at radius 1 is 1.16 bits per heavy atom. The van der Waals surface area contributed by atoms with E-state index in [0.717, 1.165) is 17.7 Å². The van der Waals surface area contributed by atoms with Gasteiger partial charge in [-0.2, -0.15) is 0 Å². The maximum absolute atomic E-state index is 12.3. The van der Waals surface area contributed by atoms with Crippen LogP contribution in [0.1, 0.15) is 12.5 Å². The van der Waals surface area contributed by atoms with E-state index in [4.69, 9.17) is 9.47 Å². The van der Waals surface area contributed by atoms with E-state index < -0.39 is 0 Å². The Morgan fingerprint density at radius 3 is 2.60 bits per heavy atom. The first-order valence-electron chi connectivity index (χ1n) is 8.38. The number of hydrogen-bond acceptors (Lipinski definition) is 4. The summed E-state index contributed by atoms with van der Waals surface area (Å²) in [5, 5.41) is 0. The van der Waals surface area contributed by atoms with E-state index in [2.05, 4.69) is 6.92 Å². The zero-order chi connectivity index (χ0) is 17.8. The highest BCUT2D eigenvalue weighted by atomic mass is 16.5. The second-order valence-corrected chi connectivity index (χ2v) is 6.01. The Morgan fingerprint density at radius 2 is 1.88 bits per heavy atom. The maximum Gasteiger partial charge on any atom is 0.293 e. The van der Waals surface area contributed by atoms with Gasteiger partial charge in [-0.1, -0.05) is 25.1 Å². The molecule has 1 aliphatic heterocycles. The highest BCUT2D eigenvalue weighted by Gasteiger charge is 2.32. The van der Waals surface area contributed by atoms with E-state index in [9.17, 15) is 9.59 Å². The van der Waals surface area contributed by atoms with Crippen molar-refractivity contribution >= 4 is 5.91 Å². The summed E-state index contributed by atoms with van der Waals surface area (Å²) in [6.07, 6.45) is 2.50. The van der Waals surface area contributed by atoms with Crippen molar-refractivity contribution in [3.05, 3.63) is 58.5 Å². The molecule has 1 fully saturated rings. The molecule has 132 valence electrons. The van der Waals surface area contributed by atoms with E-state index in [0.29, 0.717) is 13.1 Å². The molecule has 0 radical (unpaired) electrons. The minimum absolute atomic E-state index is 0.00122. The molecule has 6 nitrogen and oxygen atoms in total. The number of rotatable bonds is 6. The van der Waals surface area contributed by atoms with E-state index >= 15 is 0 Å². The number of para-hydroxylation sites is 1. The van der Waals surface area contributed by atoms with Crippen LogP contribution in [0.25, 0.3) is 0 Å². The first kappa shape index (κ1) is 17.1. The molecule has 0 saturated carbocycles. The van der Waals surface area contributed by atoms with Gasteiger partial charge in [-0.05, 0) is 30.2 Å². The third-order valence-corrected chi connectivity index (χ3v) is 4.36. The molecular weight excluding hydrogens is 320 g/mol. The highest BCUT2D eigenvalue weighted by molar-refractivity contribution is 5.77. The summed E-state index contributed by atoms with van der Waals surface area (Å²) in [7, 11) is 1.44. The van der Waals surface area contributed by atoms with Crippen molar-refractivity contribution in [1.29, 1.82) is 0 Å². The molecule has 0 unspecified atom stereocenters. The molecule has 3 rings (SSSR count). The Hall–Kier alpha value is -2.76. The lowest BCUT2D eigenvalue weighted by atomic mass is 10.1. The van der Waals surface area contributed by atoms with Crippen LogP contribution in [0, 0.1) is 0 Å². The summed E-state index contributed by atoms with van der Waals surface area (Å²) in [6.45, 7) is 3.17. The van der Waals surface area contributed by atoms with Gasteiger partial charge in [-0.15, -0.1) is 0 Å². The van der Waals surface area contributed by atoms with E-state index in [1.165, 1.54) is 11.7 Å². The van der Waals surface area contributed by atoms with Gasteiger partial charge in [0.05, 0.1) is 20.2 Å². The van der Waals surface area contributed by atoms with Crippen molar-refractivity contribution < 1.29 is 14.3 Å². The van der Waals surface area contributed by atoms with Gasteiger partial charge in [0, 0.05) is 6.20 Å². The molecule has 1 aromatic carbocycles. The Kier molecular flexibility index (Phi) is 5.07. The largest absolute Gasteiger partial charge is 0.491 e. The molecule has 0 bridgehead atoms. The molecule has 1 amide bonds. The van der Waals surface area contributed by atoms with Crippen LogP contribution >= 0.6 is 0 Å². The quantitative estimate of drug-likeness (QED) is 0.802. The van der Waals surface area contributed by atoms with Gasteiger partial charge in [0.25, 0.3) is 5.56 Å². The van der Waals surface area contributed by atoms with E-state index in [1.807, 2.05) is 24.3 Å². The van der Waals surface area contributed by atoms with Crippen LogP contribution in [0.15, 0.2) is 47.4 Å². The second-order valence-electron chi connectivity index (χ2n) is 6.01. The highest BCUT2D eigenvalue weighted by Crippen LogP contribution is 2.23. The lowest BCUT2D eigenvalue weighted by Crippen LogP contribution is -2.57. The summed E-state index contributed by atoms with van der Waals surface area (Å²) in [5.74, 6) is 1.02. The number of likely N-dealkylation sites (tertiary alicyclic amines) is 1. The number of hydrogen-bond donors (Lipinski definition) is 0. The third kappa shape index (κ3) is 3.68. The second kappa shape index (κ2) is 7.42. The first-order valence-corrected chi connectivity index (χ1v) is 8.38. The van der Waals surface area contributed by atoms with Crippen molar-refractivity contribution in [2.24, 2.45) is 0 Å². The number of pyridine rings is 1. The normalized spacial score (nSPS) is 14.1. The number of nitrogens with zero attached hydrogens (tertiary/aromatic N) is 2. The molecule has 25 heavy (non-hydrogen) atoms. The fraction of sp³-hybridized carbons (Fsp3) is 0.368. The van der Waals surface area contributed by atoms with Crippen LogP contribution in [0.5, 0.6) is 11.5 Å². The van der Waals surface area contributed by atoms with Gasteiger partial charge in [0.15, 0.2) is 5.75 Å². The molecule has 1 aliphatic rings. The Labute approximate surface area is 146 Å². The minimum atomic E-state index is -0.302. The number of methoxy groups -OCH3 is 1. The zero-order valence-corrected chi connectivity index (χ0v) is 14.5. The summed E-state index contributed by atoms with van der Waals surface area (Å²) < 4.78 is 12.3. The number of carbonyl (C=O) groups excluding carboxylic acids is 1. The van der Waals surface area contributed by atoms with Crippen molar-refractivity contribution in [1.82, 2.24) is 9.47 Å². The average Bonchev–Trinajstić information content (AvgIpc) is 2.59. The lowest BCUT2D eigenvalue weighted by Gasteiger charge is -2.39. The molecule has 2 aromatic rings. The third-order valence-electron chi connectivity index (χ3n) is 4.36. The maximum atomic E-state index is 12.3. The van der Waals surface area contributed by atoms with Gasteiger partial charge in [0.1, 0.15) is 18.4 Å². The van der Waals surface area contributed by atoms with E-state index in [-0.39, 0.29) is 29.9 Å². The molecule has 6 heteroatoms. The number of ether oxygens (including phenoxy) is 2. The molecule has 0 atom stereocenters. The molecule has 0 spiro atoms. The van der Waals surface area contributed by atoms with Gasteiger partial charge in [-0.3, -0.25) is 9.59 Å². The van der Waals surface area contributed by atoms with E-state index in [1.54, 1.807) is 23.2 Å². The molecule has 0 N–H and O–H groups in total. The molecular formula is C19H22N2O4. The van der Waals surface area contributed by atoms with Crippen molar-refractivity contribution in [3.63, 3.8) is 0 Å². The smallest absolute Gasteiger partial charge is 0.293 e. The standard InChI is InChI=1S/C19H22N2O4/c1-3-14-7-4-5-8-16(14)25-15-11-21(12-15)18(22)13-20-10-6-9-17(24-2)19(20)23/h4-10,15H,3,11-13H2,1-2H3. The number of carbonyl (C=O) groups is 1. The van der Waals surface area contributed by atoms with Crippen molar-refractivity contribution in [2.45, 2.75) is 26.0 Å². The lowest BCUT2D eigenvalue weighted by molar-refractivity contribution is -0.140. The zero-order valence-electron chi connectivity index (χ0n) is 14.5. The van der Waals surface area contributed by atoms with Crippen LogP contribution in [0.4, 0.5) is 0 Å². The summed E-state index contributed by atoms with van der Waals surface area (Å²) >= 11 is 0. The van der Waals surface area contributed by atoms with Crippen LogP contribution in [-0.4, -0.2) is 41.7 Å². The average molecular weight is 342 g/mol. The van der Waals surface area contributed by atoms with Crippen LogP contribution in [0.3, 0.4) is 0 Å². The first-order chi connectivity index (χ1) is 12.1. The molecule has 1 saturated heterocycles. The molecule has 2 heterocycles. The van der Waals surface area contributed by atoms with Gasteiger partial charge in [0.2, 0.25) is 5.91 Å². The van der Waals surface area contributed by atoms with Gasteiger partial charge >= 0.3 is 0 Å². The number of aromatic nitrogens is 1. The predicted molar refractivity (Wildman–Crippen MR) is 94.1 cm³/mol. The number of amides is 1. The van der Waals surface area contributed by atoms with Crippen LogP contribution in [-0.2, 0) is 17.8 Å². The van der Waals surface area contributed by atoms with Crippen LogP contribution < -0.4 is 15.0 Å². The Bertz CT molecular complexity index is 809. The fourth-order valence-electron chi connectivity index (χ4n) is 2.85. The van der Waals surface area contributed by atoms with Gasteiger partial charge < -0.3 is 18.9 Å². The predicted octanol–water partition coefficient (Wildman–Crippen LogP) is 1.71. The number of aryl methyl sites for hydroxylation is 1. The molecule has 1 aromatic heterocycles. The molecule has 0 aliphatic carbocycles. The summed E-state index contributed by atoms with van der Waals surface area (Å²) in [5.41, 5.74) is 0.860. The van der Waals surface area contributed by atoms with Crippen molar-refractivity contribution in [3.8, 4) is 11.5 Å². The van der Waals surface area contributed by atoms with Gasteiger partial charge in [-0.25, -0.2) is 0 Å². The van der Waals surface area contributed by atoms with Crippen LogP contribution in [0.2, 0.25) is 0 Å². The summed E-state index contributed by atoms with van der Waals surface area (Å²) in [4.78, 5) is 26.1. The summed E-state index contributed by atoms with van der Waals surface area (Å²) in [6, 6.07) is 11.2. The minimum Gasteiger partial charge on any atom is -0.491 e.